The van der Waals surface area contributed by atoms with Gasteiger partial charge in [0, 0.05) is 0 Å². The number of hydrogen-bond acceptors (Lipinski definition) is 0. The summed E-state index contributed by atoms with van der Waals surface area (Å²) in [6.07, 6.45) is 15.0. The van der Waals surface area contributed by atoms with Crippen LogP contribution >= 0.6 is 0 Å². The molecule has 3 atom stereocenters. The Morgan fingerprint density at radius 1 is 1.00 bits per heavy atom. The summed E-state index contributed by atoms with van der Waals surface area (Å²) < 4.78 is 0. The third kappa shape index (κ3) is 1.48. The van der Waals surface area contributed by atoms with Crippen molar-refractivity contribution in [3.8, 4) is 0 Å². The molecule has 2 rings (SSSR count). The number of allylic oxidation sites excluding steroid dienone is 4. The molecule has 1 saturated carbocycles. The Kier molecular flexibility index (Phi) is 2.34. The van der Waals surface area contributed by atoms with E-state index in [1.807, 2.05) is 0 Å². The van der Waals surface area contributed by atoms with Crippen molar-refractivity contribution >= 4 is 0 Å². The molecule has 0 bridgehead atoms. The van der Waals surface area contributed by atoms with Crippen molar-refractivity contribution < 1.29 is 0 Å². The van der Waals surface area contributed by atoms with Gasteiger partial charge in [-0.15, -0.1) is 0 Å². The lowest BCUT2D eigenvalue weighted by Crippen LogP contribution is -2.17. The molecule has 0 N–H and O–H groups in total. The molecule has 0 amide bonds. The summed E-state index contributed by atoms with van der Waals surface area (Å²) >= 11 is 0. The maximum atomic E-state index is 2.42. The van der Waals surface area contributed by atoms with E-state index in [4.69, 9.17) is 0 Å². The van der Waals surface area contributed by atoms with Crippen LogP contribution < -0.4 is 0 Å². The average molecular weight is 162 g/mol. The summed E-state index contributed by atoms with van der Waals surface area (Å²) in [5.74, 6) is 2.60. The van der Waals surface area contributed by atoms with Gasteiger partial charge in [0.1, 0.15) is 0 Å². The molecular weight excluding hydrogens is 144 g/mol. The van der Waals surface area contributed by atoms with Gasteiger partial charge in [0.25, 0.3) is 0 Å². The van der Waals surface area contributed by atoms with Gasteiger partial charge in [-0.3, -0.25) is 0 Å². The zero-order valence-electron chi connectivity index (χ0n) is 7.87. The Bertz CT molecular complexity index is 200. The van der Waals surface area contributed by atoms with Gasteiger partial charge in [0.15, 0.2) is 0 Å². The van der Waals surface area contributed by atoms with Gasteiger partial charge in [-0.05, 0) is 24.2 Å². The Morgan fingerprint density at radius 2 is 1.75 bits per heavy atom. The first-order valence-corrected chi connectivity index (χ1v) is 5.23. The topological polar surface area (TPSA) is 0 Å². The van der Waals surface area contributed by atoms with Crippen LogP contribution in [0.2, 0.25) is 0 Å². The normalized spacial score (nSPS) is 40.6. The molecule has 0 heterocycles. The van der Waals surface area contributed by atoms with E-state index in [0.717, 1.165) is 17.8 Å². The summed E-state index contributed by atoms with van der Waals surface area (Å²) in [5.41, 5.74) is 0. The highest BCUT2D eigenvalue weighted by atomic mass is 14.3. The van der Waals surface area contributed by atoms with Gasteiger partial charge in [0.05, 0.1) is 0 Å². The standard InChI is InChI=1S/C12H18/c1-10-6-2-3-7-11-8-4-5-9-12(10)11/h4-5,8-12H,2-3,6-7H2,1H3. The molecule has 0 heteroatoms. The Hall–Kier alpha value is -0.520. The van der Waals surface area contributed by atoms with E-state index in [1.165, 1.54) is 25.7 Å². The summed E-state index contributed by atoms with van der Waals surface area (Å²) in [6.45, 7) is 2.41. The second kappa shape index (κ2) is 3.47. The van der Waals surface area contributed by atoms with E-state index >= 15 is 0 Å². The fraction of sp³-hybridized carbons (Fsp3) is 0.667. The molecule has 0 nitrogen and oxygen atoms in total. The third-order valence-corrected chi connectivity index (χ3v) is 3.40. The van der Waals surface area contributed by atoms with E-state index < -0.39 is 0 Å². The molecule has 1 fully saturated rings. The minimum atomic E-state index is 0.845. The second-order valence-electron chi connectivity index (χ2n) is 4.27. The monoisotopic (exact) mass is 162 g/mol. The first-order valence-electron chi connectivity index (χ1n) is 5.23. The Balaban J connectivity index is 2.14. The molecule has 0 aromatic rings. The molecular formula is C12H18. The van der Waals surface area contributed by atoms with Gasteiger partial charge in [-0.2, -0.15) is 0 Å². The van der Waals surface area contributed by atoms with E-state index in [0.29, 0.717) is 0 Å². The van der Waals surface area contributed by atoms with Crippen LogP contribution in [0, 0.1) is 17.8 Å². The summed E-state index contributed by atoms with van der Waals surface area (Å²) in [5, 5.41) is 0. The largest absolute Gasteiger partial charge is 0.0808 e. The molecule has 2 aliphatic rings. The third-order valence-electron chi connectivity index (χ3n) is 3.40. The van der Waals surface area contributed by atoms with E-state index in [2.05, 4.69) is 31.2 Å². The zero-order chi connectivity index (χ0) is 8.39. The highest BCUT2D eigenvalue weighted by molar-refractivity contribution is 5.15. The summed E-state index contributed by atoms with van der Waals surface area (Å²) in [6, 6.07) is 0. The smallest absolute Gasteiger partial charge is 0.0142 e. The summed E-state index contributed by atoms with van der Waals surface area (Å²) in [7, 11) is 0. The van der Waals surface area contributed by atoms with Crippen molar-refractivity contribution in [1.82, 2.24) is 0 Å². The van der Waals surface area contributed by atoms with Crippen LogP contribution in [-0.2, 0) is 0 Å². The minimum Gasteiger partial charge on any atom is -0.0808 e. The van der Waals surface area contributed by atoms with Gasteiger partial charge >= 0.3 is 0 Å². The number of hydrogen-bond donors (Lipinski definition) is 0. The maximum absolute atomic E-state index is 2.42. The van der Waals surface area contributed by atoms with E-state index in [9.17, 15) is 0 Å². The van der Waals surface area contributed by atoms with Crippen molar-refractivity contribution in [1.29, 1.82) is 0 Å². The summed E-state index contributed by atoms with van der Waals surface area (Å²) in [4.78, 5) is 0. The molecule has 0 aromatic heterocycles. The van der Waals surface area contributed by atoms with Gasteiger partial charge in [-0.25, -0.2) is 0 Å². The fourth-order valence-corrected chi connectivity index (χ4v) is 2.61. The SMILES string of the molecule is CC1CCCCC2C=CC=CC12. The average Bonchev–Trinajstić information content (AvgIpc) is 2.29. The molecule has 66 valence electrons. The van der Waals surface area contributed by atoms with Crippen molar-refractivity contribution in [3.05, 3.63) is 24.3 Å². The molecule has 0 aromatic carbocycles. The molecule has 0 saturated heterocycles. The quantitative estimate of drug-likeness (QED) is 0.511. The molecule has 0 radical (unpaired) electrons. The van der Waals surface area contributed by atoms with Gasteiger partial charge in [0.2, 0.25) is 0 Å². The van der Waals surface area contributed by atoms with Crippen LogP contribution in [0.25, 0.3) is 0 Å². The van der Waals surface area contributed by atoms with Crippen LogP contribution in [0.4, 0.5) is 0 Å². The van der Waals surface area contributed by atoms with Crippen molar-refractivity contribution in [2.24, 2.45) is 17.8 Å². The lowest BCUT2D eigenvalue weighted by molar-refractivity contribution is 0.344. The predicted octanol–water partition coefficient (Wildman–Crippen LogP) is 3.55. The molecule has 0 aliphatic heterocycles. The van der Waals surface area contributed by atoms with Crippen LogP contribution in [0.15, 0.2) is 24.3 Å². The van der Waals surface area contributed by atoms with E-state index in [1.54, 1.807) is 0 Å². The number of rotatable bonds is 0. The Morgan fingerprint density at radius 3 is 2.67 bits per heavy atom. The molecule has 0 spiro atoms. The fourth-order valence-electron chi connectivity index (χ4n) is 2.61. The van der Waals surface area contributed by atoms with Crippen molar-refractivity contribution in [3.63, 3.8) is 0 Å². The van der Waals surface area contributed by atoms with Crippen LogP contribution in [0.5, 0.6) is 0 Å². The maximum Gasteiger partial charge on any atom is -0.0142 e. The second-order valence-corrected chi connectivity index (χ2v) is 4.27. The Labute approximate surface area is 75.4 Å². The van der Waals surface area contributed by atoms with Crippen molar-refractivity contribution in [2.75, 3.05) is 0 Å². The highest BCUT2D eigenvalue weighted by Crippen LogP contribution is 2.36. The first kappa shape index (κ1) is 8.10. The van der Waals surface area contributed by atoms with Crippen molar-refractivity contribution in [2.45, 2.75) is 32.6 Å². The minimum absolute atomic E-state index is 0.845. The van der Waals surface area contributed by atoms with Crippen LogP contribution in [0.3, 0.4) is 0 Å². The molecule has 12 heavy (non-hydrogen) atoms. The van der Waals surface area contributed by atoms with Gasteiger partial charge < -0.3 is 0 Å². The number of fused-ring (bicyclic) bond motifs is 1. The predicted molar refractivity (Wildman–Crippen MR) is 52.9 cm³/mol. The molecule has 2 aliphatic carbocycles. The molecule has 3 unspecified atom stereocenters. The highest BCUT2D eigenvalue weighted by Gasteiger charge is 2.25. The first-order chi connectivity index (χ1) is 5.88. The van der Waals surface area contributed by atoms with E-state index in [-0.39, 0.29) is 0 Å². The lowest BCUT2D eigenvalue weighted by atomic mass is 9.79. The lowest BCUT2D eigenvalue weighted by Gasteiger charge is -2.26. The van der Waals surface area contributed by atoms with Crippen LogP contribution in [0.1, 0.15) is 32.6 Å². The van der Waals surface area contributed by atoms with Crippen LogP contribution in [-0.4, -0.2) is 0 Å². The zero-order valence-corrected chi connectivity index (χ0v) is 7.87. The van der Waals surface area contributed by atoms with Gasteiger partial charge in [-0.1, -0.05) is 50.5 Å².